The number of nitrogens with one attached hydrogen (secondary N) is 1. The van der Waals surface area contributed by atoms with Crippen LogP contribution in [0.4, 0.5) is 8.78 Å². The van der Waals surface area contributed by atoms with E-state index < -0.39 is 6.61 Å². The summed E-state index contributed by atoms with van der Waals surface area (Å²) in [5.41, 5.74) is 2.97. The van der Waals surface area contributed by atoms with Gasteiger partial charge in [-0.1, -0.05) is 42.0 Å². The van der Waals surface area contributed by atoms with Gasteiger partial charge >= 0.3 is 6.61 Å². The molecule has 0 radical (unpaired) electrons. The molecule has 31 heavy (non-hydrogen) atoms. The van der Waals surface area contributed by atoms with Crippen LogP contribution in [0, 0.1) is 6.92 Å². The zero-order valence-electron chi connectivity index (χ0n) is 17.5. The van der Waals surface area contributed by atoms with Crippen LogP contribution in [0.3, 0.4) is 0 Å². The monoisotopic (exact) mass is 431 g/mol. The van der Waals surface area contributed by atoms with E-state index in [0.717, 1.165) is 11.1 Å². The molecule has 8 heteroatoms. The van der Waals surface area contributed by atoms with Crippen molar-refractivity contribution in [1.29, 1.82) is 0 Å². The molecule has 1 fully saturated rings. The molecule has 1 aliphatic rings. The van der Waals surface area contributed by atoms with Gasteiger partial charge < -0.3 is 15.0 Å². The Bertz CT molecular complexity index is 865. The molecular formula is C23H27F2N3O3. The Morgan fingerprint density at radius 3 is 2.19 bits per heavy atom. The highest BCUT2D eigenvalue weighted by molar-refractivity contribution is 5.79. The van der Waals surface area contributed by atoms with Gasteiger partial charge in [-0.25, -0.2) is 0 Å². The number of hydrogen-bond acceptors (Lipinski definition) is 4. The molecule has 0 spiro atoms. The second-order valence-corrected chi connectivity index (χ2v) is 7.62. The van der Waals surface area contributed by atoms with Gasteiger partial charge in [0.25, 0.3) is 0 Å². The van der Waals surface area contributed by atoms with Crippen molar-refractivity contribution < 1.29 is 23.1 Å². The van der Waals surface area contributed by atoms with Gasteiger partial charge in [0.05, 0.1) is 13.0 Å². The minimum absolute atomic E-state index is 0.0832. The van der Waals surface area contributed by atoms with E-state index in [2.05, 4.69) is 10.1 Å². The predicted molar refractivity (Wildman–Crippen MR) is 113 cm³/mol. The Hall–Kier alpha value is -3.00. The molecule has 1 saturated heterocycles. The lowest BCUT2D eigenvalue weighted by Gasteiger charge is -2.34. The second-order valence-electron chi connectivity index (χ2n) is 7.62. The summed E-state index contributed by atoms with van der Waals surface area (Å²) in [6.45, 7) is 2.22. The fraction of sp³-hybridized carbons (Fsp3) is 0.391. The van der Waals surface area contributed by atoms with Gasteiger partial charge in [0.1, 0.15) is 5.75 Å². The summed E-state index contributed by atoms with van der Waals surface area (Å²) in [6, 6.07) is 14.1. The van der Waals surface area contributed by atoms with Crippen molar-refractivity contribution in [2.45, 2.75) is 26.5 Å². The number of amides is 2. The van der Waals surface area contributed by atoms with Crippen LogP contribution < -0.4 is 10.1 Å². The number of carbonyl (C=O) groups is 2. The summed E-state index contributed by atoms with van der Waals surface area (Å²) in [7, 11) is 0. The molecule has 0 saturated carbocycles. The topological polar surface area (TPSA) is 61.9 Å². The Morgan fingerprint density at radius 2 is 1.58 bits per heavy atom. The number of halogens is 2. The van der Waals surface area contributed by atoms with Gasteiger partial charge in [-0.3, -0.25) is 14.5 Å². The third kappa shape index (κ3) is 7.32. The second kappa shape index (κ2) is 10.9. The van der Waals surface area contributed by atoms with Crippen LogP contribution in [-0.2, 0) is 22.6 Å². The molecule has 1 N–H and O–H groups in total. The van der Waals surface area contributed by atoms with E-state index in [1.807, 2.05) is 41.0 Å². The zero-order valence-corrected chi connectivity index (χ0v) is 17.5. The largest absolute Gasteiger partial charge is 0.435 e. The Labute approximate surface area is 180 Å². The molecule has 3 rings (SSSR count). The number of alkyl halides is 2. The van der Waals surface area contributed by atoms with Crippen LogP contribution in [0.1, 0.15) is 16.7 Å². The predicted octanol–water partition coefficient (Wildman–Crippen LogP) is 2.60. The Morgan fingerprint density at radius 1 is 0.968 bits per heavy atom. The first-order valence-electron chi connectivity index (χ1n) is 10.2. The molecule has 0 bridgehead atoms. The van der Waals surface area contributed by atoms with Crippen molar-refractivity contribution in [1.82, 2.24) is 15.1 Å². The van der Waals surface area contributed by atoms with Gasteiger partial charge in [0, 0.05) is 32.7 Å². The number of ether oxygens (including phenoxy) is 1. The number of hydrogen-bond donors (Lipinski definition) is 1. The number of benzene rings is 2. The van der Waals surface area contributed by atoms with E-state index in [-0.39, 0.29) is 24.1 Å². The Balaban J connectivity index is 1.36. The highest BCUT2D eigenvalue weighted by Gasteiger charge is 2.22. The summed E-state index contributed by atoms with van der Waals surface area (Å²) in [5.74, 6) is 0.0689. The normalized spacial score (nSPS) is 14.5. The van der Waals surface area contributed by atoms with Gasteiger partial charge in [-0.15, -0.1) is 0 Å². The van der Waals surface area contributed by atoms with Gasteiger partial charge in [0.2, 0.25) is 11.8 Å². The third-order valence-corrected chi connectivity index (χ3v) is 5.21. The molecule has 0 aromatic heterocycles. The van der Waals surface area contributed by atoms with Crippen molar-refractivity contribution in [3.63, 3.8) is 0 Å². The van der Waals surface area contributed by atoms with E-state index in [1.54, 1.807) is 12.1 Å². The number of nitrogens with zero attached hydrogens (tertiary/aromatic N) is 2. The van der Waals surface area contributed by atoms with Crippen LogP contribution in [0.15, 0.2) is 48.5 Å². The summed E-state index contributed by atoms with van der Waals surface area (Å²) in [6.07, 6.45) is 0.391. The fourth-order valence-corrected chi connectivity index (χ4v) is 3.40. The standard InChI is InChI=1S/C23H27F2N3O3/c1-17-2-4-18(5-3-17)14-22(30)28-12-10-27(11-13-28)16-21(29)26-15-19-6-8-20(9-7-19)31-23(24)25/h2-9,23H,10-16H2,1H3,(H,26,29). The maximum absolute atomic E-state index is 12.5. The first-order valence-corrected chi connectivity index (χ1v) is 10.2. The van der Waals surface area contributed by atoms with Crippen molar-refractivity contribution in [2.24, 2.45) is 0 Å². The zero-order chi connectivity index (χ0) is 22.2. The van der Waals surface area contributed by atoms with Crippen molar-refractivity contribution in [3.05, 3.63) is 65.2 Å². The molecule has 0 unspecified atom stereocenters. The number of aryl methyl sites for hydroxylation is 1. The van der Waals surface area contributed by atoms with Crippen LogP contribution in [-0.4, -0.2) is 60.9 Å². The van der Waals surface area contributed by atoms with Crippen LogP contribution >= 0.6 is 0 Å². The summed E-state index contributed by atoms with van der Waals surface area (Å²) in [5, 5.41) is 2.83. The molecule has 2 aromatic carbocycles. The molecule has 166 valence electrons. The smallest absolute Gasteiger partial charge is 0.387 e. The third-order valence-electron chi connectivity index (χ3n) is 5.21. The number of rotatable bonds is 8. The molecule has 6 nitrogen and oxygen atoms in total. The average molecular weight is 431 g/mol. The minimum atomic E-state index is -2.86. The maximum atomic E-state index is 12.5. The number of piperazine rings is 1. The average Bonchev–Trinajstić information content (AvgIpc) is 2.75. The molecular weight excluding hydrogens is 404 g/mol. The minimum Gasteiger partial charge on any atom is -0.435 e. The molecule has 1 aliphatic heterocycles. The quantitative estimate of drug-likeness (QED) is 0.698. The van der Waals surface area contributed by atoms with Crippen LogP contribution in [0.25, 0.3) is 0 Å². The van der Waals surface area contributed by atoms with Crippen molar-refractivity contribution >= 4 is 11.8 Å². The van der Waals surface area contributed by atoms with Crippen molar-refractivity contribution in [2.75, 3.05) is 32.7 Å². The fourth-order valence-electron chi connectivity index (χ4n) is 3.40. The maximum Gasteiger partial charge on any atom is 0.387 e. The van der Waals surface area contributed by atoms with Crippen molar-refractivity contribution in [3.8, 4) is 5.75 Å². The summed E-state index contributed by atoms with van der Waals surface area (Å²) in [4.78, 5) is 28.6. The van der Waals surface area contributed by atoms with E-state index in [4.69, 9.17) is 0 Å². The molecule has 2 amide bonds. The lowest BCUT2D eigenvalue weighted by molar-refractivity contribution is -0.132. The lowest BCUT2D eigenvalue weighted by atomic mass is 10.1. The van der Waals surface area contributed by atoms with E-state index in [1.165, 1.54) is 17.7 Å². The van der Waals surface area contributed by atoms with E-state index in [0.29, 0.717) is 39.1 Å². The lowest BCUT2D eigenvalue weighted by Crippen LogP contribution is -2.51. The first kappa shape index (κ1) is 22.7. The number of carbonyl (C=O) groups excluding carboxylic acids is 2. The summed E-state index contributed by atoms with van der Waals surface area (Å²) < 4.78 is 28.6. The Kier molecular flexibility index (Phi) is 7.94. The van der Waals surface area contributed by atoms with Gasteiger partial charge in [-0.2, -0.15) is 8.78 Å². The molecule has 1 heterocycles. The van der Waals surface area contributed by atoms with E-state index in [9.17, 15) is 18.4 Å². The molecule has 2 aromatic rings. The highest BCUT2D eigenvalue weighted by atomic mass is 19.3. The first-order chi connectivity index (χ1) is 14.9. The van der Waals surface area contributed by atoms with Gasteiger partial charge in [0.15, 0.2) is 0 Å². The van der Waals surface area contributed by atoms with E-state index >= 15 is 0 Å². The summed E-state index contributed by atoms with van der Waals surface area (Å²) >= 11 is 0. The van der Waals surface area contributed by atoms with Crippen LogP contribution in [0.2, 0.25) is 0 Å². The van der Waals surface area contributed by atoms with Crippen LogP contribution in [0.5, 0.6) is 5.75 Å². The van der Waals surface area contributed by atoms with Gasteiger partial charge in [-0.05, 0) is 30.2 Å². The molecule has 0 aliphatic carbocycles. The molecule has 0 atom stereocenters. The SMILES string of the molecule is Cc1ccc(CC(=O)N2CCN(CC(=O)NCc3ccc(OC(F)F)cc3)CC2)cc1. The highest BCUT2D eigenvalue weighted by Crippen LogP contribution is 2.15.